The number of piperazine rings is 1. The van der Waals surface area contributed by atoms with Crippen LogP contribution < -0.4 is 0 Å². The van der Waals surface area contributed by atoms with E-state index in [2.05, 4.69) is 16.1 Å². The molecule has 3 heterocycles. The van der Waals surface area contributed by atoms with E-state index in [0.29, 0.717) is 24.5 Å². The van der Waals surface area contributed by atoms with Crippen LogP contribution in [-0.2, 0) is 6.54 Å². The smallest absolute Gasteiger partial charge is 0.292 e. The number of nitrogens with zero attached hydrogens (tertiary/aromatic N) is 3. The molecule has 1 aromatic carbocycles. The van der Waals surface area contributed by atoms with E-state index in [-0.39, 0.29) is 5.91 Å². The Balaban J connectivity index is 1.36. The summed E-state index contributed by atoms with van der Waals surface area (Å²) in [6.45, 7) is 3.90. The molecule has 1 saturated heterocycles. The molecule has 7 heteroatoms. The first-order valence-electron chi connectivity index (χ1n) is 8.47. The number of amides is 1. The number of rotatable bonds is 4. The topological polar surface area (TPSA) is 49.6 Å². The van der Waals surface area contributed by atoms with Crippen LogP contribution in [0, 0.1) is 0 Å². The monoisotopic (exact) mass is 387 g/mol. The Morgan fingerprint density at radius 3 is 2.58 bits per heavy atom. The van der Waals surface area contributed by atoms with Gasteiger partial charge in [-0.25, -0.2) is 0 Å². The highest BCUT2D eigenvalue weighted by molar-refractivity contribution is 7.16. The third-order valence-electron chi connectivity index (χ3n) is 4.46. The van der Waals surface area contributed by atoms with Crippen molar-refractivity contribution in [3.8, 4) is 11.3 Å². The SMILES string of the molecule is O=C(c1cc(-c2ccccc2)no1)N1CCN(Cc2ccc(Cl)s2)CC1. The van der Waals surface area contributed by atoms with Crippen LogP contribution in [-0.4, -0.2) is 47.0 Å². The highest BCUT2D eigenvalue weighted by Crippen LogP contribution is 2.24. The number of carbonyl (C=O) groups is 1. The molecule has 1 aliphatic heterocycles. The molecule has 5 nitrogen and oxygen atoms in total. The third-order valence-corrected chi connectivity index (χ3v) is 5.67. The molecule has 134 valence electrons. The fourth-order valence-corrected chi connectivity index (χ4v) is 4.17. The van der Waals surface area contributed by atoms with Crippen molar-refractivity contribution in [2.45, 2.75) is 6.54 Å². The normalized spacial score (nSPS) is 15.3. The lowest BCUT2D eigenvalue weighted by atomic mass is 10.1. The summed E-state index contributed by atoms with van der Waals surface area (Å²) in [5.41, 5.74) is 1.62. The standard InChI is InChI=1S/C19H18ClN3O2S/c20-18-7-6-15(26-18)13-22-8-10-23(11-9-22)19(24)17-12-16(21-25-17)14-4-2-1-3-5-14/h1-7,12H,8-11,13H2. The molecule has 3 aromatic rings. The Hall–Kier alpha value is -2.15. The van der Waals surface area contributed by atoms with Crippen LogP contribution in [0.3, 0.4) is 0 Å². The fourth-order valence-electron chi connectivity index (χ4n) is 3.04. The molecule has 1 amide bonds. The quantitative estimate of drug-likeness (QED) is 0.678. The molecule has 1 aliphatic rings. The molecule has 0 unspecified atom stereocenters. The van der Waals surface area contributed by atoms with Crippen molar-refractivity contribution in [3.63, 3.8) is 0 Å². The van der Waals surface area contributed by atoms with Gasteiger partial charge in [0.2, 0.25) is 5.76 Å². The Morgan fingerprint density at radius 2 is 1.88 bits per heavy atom. The number of hydrogen-bond acceptors (Lipinski definition) is 5. The van der Waals surface area contributed by atoms with Crippen molar-refractivity contribution in [2.24, 2.45) is 0 Å². The van der Waals surface area contributed by atoms with Crippen LogP contribution in [0.15, 0.2) is 53.1 Å². The number of halogens is 1. The molecule has 0 radical (unpaired) electrons. The number of thiophene rings is 1. The zero-order chi connectivity index (χ0) is 17.9. The van der Waals surface area contributed by atoms with E-state index < -0.39 is 0 Å². The van der Waals surface area contributed by atoms with Gasteiger partial charge in [-0.05, 0) is 12.1 Å². The average molecular weight is 388 g/mol. The molecule has 0 N–H and O–H groups in total. The first kappa shape index (κ1) is 17.3. The van der Waals surface area contributed by atoms with Crippen molar-refractivity contribution in [2.75, 3.05) is 26.2 Å². The van der Waals surface area contributed by atoms with Gasteiger partial charge in [0.05, 0.1) is 4.34 Å². The first-order chi connectivity index (χ1) is 12.7. The highest BCUT2D eigenvalue weighted by atomic mass is 35.5. The molecule has 26 heavy (non-hydrogen) atoms. The minimum Gasteiger partial charge on any atom is -0.350 e. The van der Waals surface area contributed by atoms with E-state index in [0.717, 1.165) is 29.5 Å². The summed E-state index contributed by atoms with van der Waals surface area (Å²) < 4.78 is 6.10. The predicted molar refractivity (Wildman–Crippen MR) is 102 cm³/mol. The van der Waals surface area contributed by atoms with Crippen molar-refractivity contribution >= 4 is 28.8 Å². The van der Waals surface area contributed by atoms with Gasteiger partial charge in [0.15, 0.2) is 0 Å². The molecule has 0 aliphatic carbocycles. The number of hydrogen-bond donors (Lipinski definition) is 0. The molecule has 0 bridgehead atoms. The van der Waals surface area contributed by atoms with Crippen LogP contribution in [0.25, 0.3) is 11.3 Å². The van der Waals surface area contributed by atoms with Gasteiger partial charge in [-0.3, -0.25) is 9.69 Å². The van der Waals surface area contributed by atoms with Gasteiger partial charge in [0.1, 0.15) is 5.69 Å². The lowest BCUT2D eigenvalue weighted by Gasteiger charge is -2.33. The maximum atomic E-state index is 12.7. The van der Waals surface area contributed by atoms with Crippen LogP contribution in [0.2, 0.25) is 4.34 Å². The maximum absolute atomic E-state index is 12.7. The lowest BCUT2D eigenvalue weighted by molar-refractivity contribution is 0.0590. The van der Waals surface area contributed by atoms with E-state index in [9.17, 15) is 4.79 Å². The first-order valence-corrected chi connectivity index (χ1v) is 9.66. The Morgan fingerprint density at radius 1 is 1.12 bits per heavy atom. The molecule has 0 atom stereocenters. The summed E-state index contributed by atoms with van der Waals surface area (Å²) >= 11 is 7.59. The van der Waals surface area contributed by atoms with Crippen molar-refractivity contribution < 1.29 is 9.32 Å². The lowest BCUT2D eigenvalue weighted by Crippen LogP contribution is -2.48. The number of aromatic nitrogens is 1. The number of benzene rings is 1. The van der Waals surface area contributed by atoms with Gasteiger partial charge in [-0.15, -0.1) is 11.3 Å². The second-order valence-corrected chi connectivity index (χ2v) is 8.02. The van der Waals surface area contributed by atoms with E-state index >= 15 is 0 Å². The van der Waals surface area contributed by atoms with Crippen molar-refractivity contribution in [1.82, 2.24) is 15.0 Å². The van der Waals surface area contributed by atoms with Crippen LogP contribution in [0.4, 0.5) is 0 Å². The van der Waals surface area contributed by atoms with Crippen LogP contribution in [0.5, 0.6) is 0 Å². The minimum atomic E-state index is -0.0986. The van der Waals surface area contributed by atoms with Gasteiger partial charge in [0, 0.05) is 49.2 Å². The summed E-state index contributed by atoms with van der Waals surface area (Å²) in [7, 11) is 0. The van der Waals surface area contributed by atoms with Gasteiger partial charge in [0.25, 0.3) is 5.91 Å². The minimum absolute atomic E-state index is 0.0986. The molecular formula is C19H18ClN3O2S. The summed E-state index contributed by atoms with van der Waals surface area (Å²) in [6, 6.07) is 15.4. The molecule has 0 spiro atoms. The van der Waals surface area contributed by atoms with Gasteiger partial charge >= 0.3 is 0 Å². The number of carbonyl (C=O) groups excluding carboxylic acids is 1. The maximum Gasteiger partial charge on any atom is 0.292 e. The second kappa shape index (κ2) is 7.61. The molecular weight excluding hydrogens is 370 g/mol. The van der Waals surface area contributed by atoms with Gasteiger partial charge < -0.3 is 9.42 Å². The van der Waals surface area contributed by atoms with E-state index in [4.69, 9.17) is 16.1 Å². The summed E-state index contributed by atoms with van der Waals surface area (Å²) in [6.07, 6.45) is 0. The zero-order valence-electron chi connectivity index (χ0n) is 14.1. The Labute approximate surface area is 160 Å². The molecule has 0 saturated carbocycles. The van der Waals surface area contributed by atoms with E-state index in [1.165, 1.54) is 4.88 Å². The molecule has 2 aromatic heterocycles. The van der Waals surface area contributed by atoms with Crippen LogP contribution >= 0.6 is 22.9 Å². The van der Waals surface area contributed by atoms with Crippen molar-refractivity contribution in [3.05, 3.63) is 63.5 Å². The Bertz CT molecular complexity index is 885. The summed E-state index contributed by atoms with van der Waals surface area (Å²) in [5, 5.41) is 4.03. The van der Waals surface area contributed by atoms with Gasteiger partial charge in [-0.2, -0.15) is 0 Å². The second-order valence-electron chi connectivity index (χ2n) is 6.22. The van der Waals surface area contributed by atoms with E-state index in [1.54, 1.807) is 17.4 Å². The molecule has 4 rings (SSSR count). The Kier molecular flexibility index (Phi) is 5.06. The zero-order valence-corrected chi connectivity index (χ0v) is 15.7. The fraction of sp³-hybridized carbons (Fsp3) is 0.263. The highest BCUT2D eigenvalue weighted by Gasteiger charge is 2.25. The van der Waals surface area contributed by atoms with E-state index in [1.807, 2.05) is 41.3 Å². The average Bonchev–Trinajstić information content (AvgIpc) is 3.32. The summed E-state index contributed by atoms with van der Waals surface area (Å²) in [4.78, 5) is 18.1. The predicted octanol–water partition coefficient (Wildman–Crippen LogP) is 4.01. The summed E-state index contributed by atoms with van der Waals surface area (Å²) in [5.74, 6) is 0.195. The molecule has 1 fully saturated rings. The van der Waals surface area contributed by atoms with Gasteiger partial charge in [-0.1, -0.05) is 47.1 Å². The largest absolute Gasteiger partial charge is 0.350 e. The third kappa shape index (κ3) is 3.82. The van der Waals surface area contributed by atoms with Crippen LogP contribution in [0.1, 0.15) is 15.4 Å². The van der Waals surface area contributed by atoms with Crippen molar-refractivity contribution in [1.29, 1.82) is 0 Å².